The van der Waals surface area contributed by atoms with Crippen molar-refractivity contribution in [2.45, 2.75) is 332 Å². The van der Waals surface area contributed by atoms with Crippen molar-refractivity contribution in [3.8, 4) is 5.69 Å². The van der Waals surface area contributed by atoms with Crippen LogP contribution >= 0.6 is 0 Å². The van der Waals surface area contributed by atoms with E-state index in [1.54, 1.807) is 12.1 Å². The largest absolute Gasteiger partial charge is 0.469 e. The number of ether oxygens (including phenoxy) is 3. The Bertz CT molecular complexity index is 2450. The third kappa shape index (κ3) is 18.5. The molecule has 3 heterocycles. The average molecular weight is 1320 g/mol. The number of tetrazole rings is 1. The Labute approximate surface area is 523 Å². The predicted molar refractivity (Wildman–Crippen MR) is 361 cm³/mol. The number of carbonyl (C=O) groups is 1. The van der Waals surface area contributed by atoms with Crippen LogP contribution in [0.2, 0.25) is 109 Å². The maximum Gasteiger partial charge on any atom is 0.308 e. The first-order valence-corrected chi connectivity index (χ1v) is 50.7. The van der Waals surface area contributed by atoms with Crippen LogP contribution in [-0.2, 0) is 55.4 Å². The smallest absolute Gasteiger partial charge is 0.308 e. The summed E-state index contributed by atoms with van der Waals surface area (Å²) in [5.41, 5.74) is 0.565. The van der Waals surface area contributed by atoms with Crippen LogP contribution in [0.25, 0.3) is 5.69 Å². The van der Waals surface area contributed by atoms with Crippen molar-refractivity contribution in [1.82, 2.24) is 20.2 Å². The summed E-state index contributed by atoms with van der Waals surface area (Å²) in [6, 6.07) is 17.2. The van der Waals surface area contributed by atoms with Gasteiger partial charge in [-0.05, 0) is 150 Å². The monoisotopic (exact) mass is 1310 g/mol. The van der Waals surface area contributed by atoms with Crippen LogP contribution in [0.4, 0.5) is 0 Å². The highest BCUT2D eigenvalue weighted by molar-refractivity contribution is 7.91. The highest BCUT2D eigenvalue weighted by Gasteiger charge is 2.59. The number of nitrogens with zero attached hydrogens (tertiary/aromatic N) is 4. The van der Waals surface area contributed by atoms with Gasteiger partial charge in [-0.25, -0.2) is 8.42 Å². The van der Waals surface area contributed by atoms with E-state index in [4.69, 9.17) is 40.8 Å². The standard InChI is InChI=1S/C62H122N4O12SSi6/c1-27-83(28-2,29-3)73-52(44-50-55(74-80(21,22)60(11,12)13)58(76-82(25,26)62(17,18)19)56(51(72-50)45-53(67)70-20)75-81(23,24)61(14,15)16)57(78-85(33-7,34-8)35-9)54(77-84(30-4,31-5)32-6)49-43-46(10)48(71-49)41-42-79(68,69)59-63-64-65-66(59)47-39-37-36-38-40-47/h36-40,46,48-52,54-58H,27-35,41-45H2,1-26H3/t46-,48+,49-,50+,51+,52-,54+,55-,56+,57+,58+/m0/s1. The van der Waals surface area contributed by atoms with Crippen molar-refractivity contribution in [1.29, 1.82) is 0 Å². The summed E-state index contributed by atoms with van der Waals surface area (Å²) in [5.74, 6) is -0.605. The quantitative estimate of drug-likeness (QED) is 0.0486. The van der Waals surface area contributed by atoms with E-state index in [2.05, 4.69) is 186 Å². The van der Waals surface area contributed by atoms with E-state index in [0.717, 1.165) is 54.4 Å². The van der Waals surface area contributed by atoms with E-state index in [1.165, 1.54) is 11.8 Å². The summed E-state index contributed by atoms with van der Waals surface area (Å²) >= 11 is 0. The minimum Gasteiger partial charge on any atom is -0.469 e. The van der Waals surface area contributed by atoms with E-state index in [9.17, 15) is 13.2 Å². The molecule has 1 aromatic carbocycles. The number of methoxy groups -OCH3 is 1. The molecule has 2 aliphatic heterocycles. The van der Waals surface area contributed by atoms with Crippen LogP contribution in [0.5, 0.6) is 0 Å². The molecule has 23 heteroatoms. The maximum absolute atomic E-state index is 14.4. The van der Waals surface area contributed by atoms with Crippen molar-refractivity contribution in [3.63, 3.8) is 0 Å². The van der Waals surface area contributed by atoms with Gasteiger partial charge in [-0.2, -0.15) is 4.68 Å². The Hall–Kier alpha value is -1.31. The molecule has 2 aliphatic rings. The molecule has 11 atom stereocenters. The Morgan fingerprint density at radius 1 is 0.624 bits per heavy atom. The number of para-hydroxylation sites is 1. The van der Waals surface area contributed by atoms with Gasteiger partial charge in [0.25, 0.3) is 5.16 Å². The van der Waals surface area contributed by atoms with Gasteiger partial charge in [-0.3, -0.25) is 4.79 Å². The highest BCUT2D eigenvalue weighted by Crippen LogP contribution is 2.49. The lowest BCUT2D eigenvalue weighted by Crippen LogP contribution is -2.68. The normalized spacial score (nSPS) is 23.9. The molecule has 0 saturated carbocycles. The number of carbonyl (C=O) groups excluding carboxylic acids is 1. The molecular weight excluding hydrogens is 1190 g/mol. The second-order valence-electron chi connectivity index (χ2n) is 29.6. The van der Waals surface area contributed by atoms with E-state index in [-0.39, 0.29) is 50.8 Å². The Kier molecular flexibility index (Phi) is 27.2. The van der Waals surface area contributed by atoms with Gasteiger partial charge >= 0.3 is 5.97 Å². The van der Waals surface area contributed by atoms with Crippen LogP contribution < -0.4 is 0 Å². The number of aromatic nitrogens is 4. The summed E-state index contributed by atoms with van der Waals surface area (Å²) in [6.07, 6.45) is -4.79. The Balaban J connectivity index is 2.12. The first kappa shape index (κ1) is 76.1. The second kappa shape index (κ2) is 30.4. The molecule has 85 heavy (non-hydrogen) atoms. The number of rotatable bonds is 33. The molecule has 0 N–H and O–H groups in total. The minimum atomic E-state index is -3.96. The predicted octanol–water partition coefficient (Wildman–Crippen LogP) is 15.7. The summed E-state index contributed by atoms with van der Waals surface area (Å²) in [4.78, 5) is 14.0. The molecule has 16 nitrogen and oxygen atoms in total. The fourth-order valence-corrected chi connectivity index (χ4v) is 25.4. The molecule has 0 spiro atoms. The number of hydrogen-bond donors (Lipinski definition) is 0. The third-order valence-corrected chi connectivity index (χ3v) is 50.5. The average Bonchev–Trinajstić information content (AvgIpc) is 1.29. The van der Waals surface area contributed by atoms with E-state index < -0.39 is 121 Å². The van der Waals surface area contributed by atoms with Crippen LogP contribution in [0, 0.1) is 5.92 Å². The fourth-order valence-electron chi connectivity index (χ4n) is 11.6. The molecule has 0 amide bonds. The van der Waals surface area contributed by atoms with Crippen molar-refractivity contribution >= 4 is 65.7 Å². The number of esters is 1. The molecule has 0 unspecified atom stereocenters. The van der Waals surface area contributed by atoms with Crippen molar-refractivity contribution < 1.29 is 54.0 Å². The number of sulfone groups is 1. The van der Waals surface area contributed by atoms with E-state index >= 15 is 0 Å². The van der Waals surface area contributed by atoms with Gasteiger partial charge in [-0.15, -0.1) is 0 Å². The van der Waals surface area contributed by atoms with Gasteiger partial charge in [0.15, 0.2) is 49.9 Å². The highest BCUT2D eigenvalue weighted by atomic mass is 32.2. The van der Waals surface area contributed by atoms with Crippen molar-refractivity contribution in [2.24, 2.45) is 5.92 Å². The topological polar surface area (TPSA) is 178 Å². The first-order chi connectivity index (χ1) is 39.2. The lowest BCUT2D eigenvalue weighted by molar-refractivity contribution is -0.221. The zero-order chi connectivity index (χ0) is 64.6. The number of hydrogen-bond acceptors (Lipinski definition) is 15. The molecule has 2 fully saturated rings. The fraction of sp³-hybridized carbons (Fsp3) is 0.871. The molecule has 1 aromatic heterocycles. The molecule has 2 saturated heterocycles. The molecule has 2 aromatic rings. The SMILES string of the molecule is CC[Si](CC)(CC)O[C@@H]([C@H](O[Si](CC)(CC)CC)[C@H](C[C@H]1O[C@H](CC(=O)OC)[C@@H](O[Si](C)(C)C(C)(C)C)[C@H](O[Si](C)(C)C(C)(C)C)[C@H]1O[Si](C)(C)C(C)(C)C)O[Si](CC)(CC)CC)[C@@H]1C[C@H](C)[C@@H](CCS(=O)(=O)c2nnnn2-c2ccccc2)O1. The lowest BCUT2D eigenvalue weighted by Gasteiger charge is -2.55. The second-order valence-corrected chi connectivity index (χ2v) is 60.0. The molecule has 4 rings (SSSR count). The van der Waals surface area contributed by atoms with Gasteiger partial charge in [0.05, 0.1) is 86.0 Å². The van der Waals surface area contributed by atoms with Crippen LogP contribution in [0.15, 0.2) is 35.5 Å². The van der Waals surface area contributed by atoms with E-state index in [1.807, 2.05) is 18.2 Å². The lowest BCUT2D eigenvalue weighted by atomic mass is 9.88. The molecule has 492 valence electrons. The zero-order valence-corrected chi connectivity index (χ0v) is 65.0. The molecule has 0 aliphatic carbocycles. The molecule has 0 bridgehead atoms. The minimum absolute atomic E-state index is 0.0208. The van der Waals surface area contributed by atoms with Crippen molar-refractivity contribution in [3.05, 3.63) is 30.3 Å². The maximum atomic E-state index is 14.4. The van der Waals surface area contributed by atoms with Crippen molar-refractivity contribution in [2.75, 3.05) is 12.9 Å². The Morgan fingerprint density at radius 3 is 1.51 bits per heavy atom. The van der Waals surface area contributed by atoms with Gasteiger partial charge in [0, 0.05) is 6.42 Å². The molecule has 0 radical (unpaired) electrons. The van der Waals surface area contributed by atoms with Gasteiger partial charge < -0.3 is 40.8 Å². The van der Waals surface area contributed by atoms with Crippen LogP contribution in [0.1, 0.15) is 157 Å². The Morgan fingerprint density at radius 2 is 1.06 bits per heavy atom. The van der Waals surface area contributed by atoms with E-state index in [0.29, 0.717) is 18.5 Å². The van der Waals surface area contributed by atoms with Crippen LogP contribution in [0.3, 0.4) is 0 Å². The van der Waals surface area contributed by atoms with Gasteiger partial charge in [0.1, 0.15) is 0 Å². The third-order valence-electron chi connectivity index (χ3n) is 21.5. The zero-order valence-electron chi connectivity index (χ0n) is 58.2. The summed E-state index contributed by atoms with van der Waals surface area (Å²) in [6.45, 7) is 56.8. The first-order valence-electron chi connectivity index (χ1n) is 32.7. The summed E-state index contributed by atoms with van der Waals surface area (Å²) < 4.78 is 98.7. The van der Waals surface area contributed by atoms with Gasteiger partial charge in [-0.1, -0.05) is 155 Å². The number of benzene rings is 1. The summed E-state index contributed by atoms with van der Waals surface area (Å²) in [5, 5.41) is 11.2. The van der Waals surface area contributed by atoms with Gasteiger partial charge in [0.2, 0.25) is 9.84 Å². The molecular formula is C62H122N4O12SSi6. The summed E-state index contributed by atoms with van der Waals surface area (Å²) in [7, 11) is -18.1. The van der Waals surface area contributed by atoms with Crippen LogP contribution in [-0.4, -0.2) is 158 Å².